The minimum atomic E-state index is -0.179. The molecule has 0 radical (unpaired) electrons. The molecule has 0 atom stereocenters. The van der Waals surface area contributed by atoms with Crippen LogP contribution in [0.3, 0.4) is 0 Å². The maximum absolute atomic E-state index is 11.1. The number of nitrogens with two attached hydrogens (primary N) is 1. The largest absolute Gasteiger partial charge is 0.397 e. The molecule has 0 amide bonds. The molecule has 0 spiro atoms. The summed E-state index contributed by atoms with van der Waals surface area (Å²) in [5.74, 6) is 0. The van der Waals surface area contributed by atoms with Gasteiger partial charge in [0.05, 0.1) is 23.0 Å². The van der Waals surface area contributed by atoms with Gasteiger partial charge in [-0.25, -0.2) is 0 Å². The highest BCUT2D eigenvalue weighted by molar-refractivity contribution is 5.61. The average molecular weight is 214 g/mol. The fourth-order valence-corrected chi connectivity index (χ4v) is 1.56. The molecule has 0 bridgehead atoms. The number of anilines is 1. The van der Waals surface area contributed by atoms with Gasteiger partial charge in [-0.2, -0.15) is 5.26 Å². The van der Waals surface area contributed by atoms with Crippen LogP contribution in [0.5, 0.6) is 0 Å². The number of aromatic amines is 1. The molecule has 0 aliphatic heterocycles. The zero-order chi connectivity index (χ0) is 11.7. The Bertz CT molecular complexity index is 630. The molecule has 0 saturated carbocycles. The molecule has 1 aromatic carbocycles. The van der Waals surface area contributed by atoms with E-state index in [0.717, 1.165) is 5.69 Å². The second kappa shape index (κ2) is 3.59. The van der Waals surface area contributed by atoms with Gasteiger partial charge in [0, 0.05) is 11.8 Å². The van der Waals surface area contributed by atoms with E-state index in [4.69, 9.17) is 11.0 Å². The van der Waals surface area contributed by atoms with Crippen LogP contribution in [0.2, 0.25) is 0 Å². The number of rotatable bonds is 1. The van der Waals surface area contributed by atoms with Gasteiger partial charge in [0.15, 0.2) is 0 Å². The highest BCUT2D eigenvalue weighted by Gasteiger charge is 2.06. The summed E-state index contributed by atoms with van der Waals surface area (Å²) in [5.41, 5.74) is 8.01. The zero-order valence-electron chi connectivity index (χ0n) is 8.69. The number of H-pyrrole nitrogens is 1. The summed E-state index contributed by atoms with van der Waals surface area (Å²) in [6, 6.07) is 8.43. The standard InChI is InChI=1S/C11H10N4O/c1-7-4-11(16)14-15(7)10-3-2-8(6-12)5-9(10)13/h2-5H,13H2,1H3,(H,14,16). The van der Waals surface area contributed by atoms with E-state index < -0.39 is 0 Å². The van der Waals surface area contributed by atoms with Gasteiger partial charge in [0.25, 0.3) is 5.56 Å². The molecule has 0 aliphatic rings. The monoisotopic (exact) mass is 214 g/mol. The maximum atomic E-state index is 11.1. The summed E-state index contributed by atoms with van der Waals surface area (Å²) < 4.78 is 1.60. The van der Waals surface area contributed by atoms with Gasteiger partial charge in [-0.15, -0.1) is 0 Å². The van der Waals surface area contributed by atoms with E-state index >= 15 is 0 Å². The van der Waals surface area contributed by atoms with Crippen molar-refractivity contribution in [3.8, 4) is 11.8 Å². The fourth-order valence-electron chi connectivity index (χ4n) is 1.56. The minimum Gasteiger partial charge on any atom is -0.397 e. The van der Waals surface area contributed by atoms with Crippen LogP contribution in [0.4, 0.5) is 5.69 Å². The number of nitrogens with one attached hydrogen (secondary N) is 1. The number of nitriles is 1. The number of aryl methyl sites for hydroxylation is 1. The van der Waals surface area contributed by atoms with Gasteiger partial charge < -0.3 is 5.73 Å². The van der Waals surface area contributed by atoms with Crippen molar-refractivity contribution in [2.75, 3.05) is 5.73 Å². The van der Waals surface area contributed by atoms with E-state index in [9.17, 15) is 4.79 Å². The van der Waals surface area contributed by atoms with E-state index in [2.05, 4.69) is 5.10 Å². The molecule has 0 aliphatic carbocycles. The molecule has 1 aromatic heterocycles. The first kappa shape index (κ1) is 10.1. The molecule has 2 rings (SSSR count). The van der Waals surface area contributed by atoms with Crippen LogP contribution < -0.4 is 11.3 Å². The van der Waals surface area contributed by atoms with Crippen molar-refractivity contribution in [1.29, 1.82) is 5.26 Å². The molecule has 80 valence electrons. The normalized spacial score (nSPS) is 10.0. The fraction of sp³-hybridized carbons (Fsp3) is 0.0909. The van der Waals surface area contributed by atoms with Gasteiger partial charge in [0.1, 0.15) is 0 Å². The third-order valence-corrected chi connectivity index (χ3v) is 2.31. The lowest BCUT2D eigenvalue weighted by Gasteiger charge is -2.08. The zero-order valence-corrected chi connectivity index (χ0v) is 8.69. The molecule has 0 unspecified atom stereocenters. The smallest absolute Gasteiger partial charge is 0.264 e. The molecule has 2 aromatic rings. The Kier molecular flexibility index (Phi) is 2.25. The van der Waals surface area contributed by atoms with Crippen LogP contribution in [0.1, 0.15) is 11.3 Å². The summed E-state index contributed by atoms with van der Waals surface area (Å²) in [5, 5.41) is 11.3. The maximum Gasteiger partial charge on any atom is 0.264 e. The molecule has 0 saturated heterocycles. The number of aromatic nitrogens is 2. The lowest BCUT2D eigenvalue weighted by molar-refractivity contribution is 0.836. The second-order valence-electron chi connectivity index (χ2n) is 3.48. The predicted octanol–water partition coefficient (Wildman–Crippen LogP) is 0.928. The summed E-state index contributed by atoms with van der Waals surface area (Å²) in [6.45, 7) is 1.80. The van der Waals surface area contributed by atoms with Crippen LogP contribution in [0.25, 0.3) is 5.69 Å². The Morgan fingerprint density at radius 1 is 1.44 bits per heavy atom. The number of hydrogen-bond donors (Lipinski definition) is 2. The lowest BCUT2D eigenvalue weighted by atomic mass is 10.2. The van der Waals surface area contributed by atoms with Crippen molar-refractivity contribution in [2.45, 2.75) is 6.92 Å². The third-order valence-electron chi connectivity index (χ3n) is 2.31. The lowest BCUT2D eigenvalue weighted by Crippen LogP contribution is -2.07. The predicted molar refractivity (Wildman–Crippen MR) is 60.3 cm³/mol. The highest BCUT2D eigenvalue weighted by Crippen LogP contribution is 2.18. The minimum absolute atomic E-state index is 0.179. The second-order valence-corrected chi connectivity index (χ2v) is 3.48. The number of nitrogen functional groups attached to an aromatic ring is 1. The molecular weight excluding hydrogens is 204 g/mol. The molecule has 0 fully saturated rings. The average Bonchev–Trinajstić information content (AvgIpc) is 2.57. The van der Waals surface area contributed by atoms with Crippen LogP contribution >= 0.6 is 0 Å². The van der Waals surface area contributed by atoms with E-state index in [1.54, 1.807) is 29.8 Å². The van der Waals surface area contributed by atoms with Crippen LogP contribution in [-0.2, 0) is 0 Å². The summed E-state index contributed by atoms with van der Waals surface area (Å²) in [6.07, 6.45) is 0. The molecule has 16 heavy (non-hydrogen) atoms. The van der Waals surface area contributed by atoms with Gasteiger partial charge in [-0.1, -0.05) is 0 Å². The first-order valence-electron chi connectivity index (χ1n) is 4.70. The van der Waals surface area contributed by atoms with Gasteiger partial charge in [-0.05, 0) is 25.1 Å². The number of nitrogens with zero attached hydrogens (tertiary/aromatic N) is 2. The van der Waals surface area contributed by atoms with Crippen molar-refractivity contribution in [3.63, 3.8) is 0 Å². The van der Waals surface area contributed by atoms with Gasteiger partial charge in [0.2, 0.25) is 0 Å². The Balaban J connectivity index is 2.62. The number of hydrogen-bond acceptors (Lipinski definition) is 3. The molecule has 5 heteroatoms. The van der Waals surface area contributed by atoms with Crippen LogP contribution in [0.15, 0.2) is 29.1 Å². The van der Waals surface area contributed by atoms with E-state index in [1.807, 2.05) is 6.07 Å². The molecule has 1 heterocycles. The van der Waals surface area contributed by atoms with Crippen molar-refractivity contribution in [3.05, 3.63) is 45.9 Å². The van der Waals surface area contributed by atoms with E-state index in [-0.39, 0.29) is 5.56 Å². The van der Waals surface area contributed by atoms with Crippen molar-refractivity contribution in [2.24, 2.45) is 0 Å². The van der Waals surface area contributed by atoms with Crippen LogP contribution in [0, 0.1) is 18.3 Å². The van der Waals surface area contributed by atoms with Crippen molar-refractivity contribution >= 4 is 5.69 Å². The van der Waals surface area contributed by atoms with E-state index in [0.29, 0.717) is 16.9 Å². The van der Waals surface area contributed by atoms with Crippen molar-refractivity contribution in [1.82, 2.24) is 9.78 Å². The van der Waals surface area contributed by atoms with Gasteiger partial charge in [-0.3, -0.25) is 14.6 Å². The quantitative estimate of drug-likeness (QED) is 0.692. The SMILES string of the molecule is Cc1cc(=O)[nH]n1-c1ccc(C#N)cc1N. The first-order chi connectivity index (χ1) is 7.61. The molecule has 5 nitrogen and oxygen atoms in total. The van der Waals surface area contributed by atoms with Crippen LogP contribution in [-0.4, -0.2) is 9.78 Å². The summed E-state index contributed by atoms with van der Waals surface area (Å²) in [4.78, 5) is 11.1. The highest BCUT2D eigenvalue weighted by atomic mass is 16.1. The topological polar surface area (TPSA) is 87.6 Å². The Morgan fingerprint density at radius 2 is 2.19 bits per heavy atom. The Hall–Kier alpha value is -2.48. The Labute approximate surface area is 91.7 Å². The Morgan fingerprint density at radius 3 is 2.69 bits per heavy atom. The number of benzene rings is 1. The summed E-state index contributed by atoms with van der Waals surface area (Å²) >= 11 is 0. The summed E-state index contributed by atoms with van der Waals surface area (Å²) in [7, 11) is 0. The molecule has 3 N–H and O–H groups in total. The third kappa shape index (κ3) is 1.57. The van der Waals surface area contributed by atoms with Crippen molar-refractivity contribution < 1.29 is 0 Å². The molecular formula is C11H10N4O. The van der Waals surface area contributed by atoms with Gasteiger partial charge >= 0.3 is 0 Å². The van der Waals surface area contributed by atoms with E-state index in [1.165, 1.54) is 6.07 Å². The first-order valence-corrected chi connectivity index (χ1v) is 4.70.